The van der Waals surface area contributed by atoms with E-state index in [1.807, 2.05) is 61.6 Å². The Morgan fingerprint density at radius 1 is 0.800 bits per heavy atom. The quantitative estimate of drug-likeness (QED) is 0.514. The van der Waals surface area contributed by atoms with Crippen LogP contribution in [0.2, 0.25) is 0 Å². The molecule has 0 aromatic heterocycles. The van der Waals surface area contributed by atoms with Crippen molar-refractivity contribution < 1.29 is 14.5 Å². The molecule has 154 valence electrons. The van der Waals surface area contributed by atoms with E-state index in [1.165, 1.54) is 11.1 Å². The van der Waals surface area contributed by atoms with Crippen LogP contribution in [0.5, 0.6) is 0 Å². The van der Waals surface area contributed by atoms with Crippen molar-refractivity contribution in [3.8, 4) is 0 Å². The summed E-state index contributed by atoms with van der Waals surface area (Å²) in [6, 6.07) is 27.2. The zero-order valence-electron chi connectivity index (χ0n) is 17.2. The van der Waals surface area contributed by atoms with Gasteiger partial charge in [0.15, 0.2) is 6.54 Å². The molecule has 5 heteroatoms. The lowest BCUT2D eigenvalue weighted by Crippen LogP contribution is -3.08. The average molecular weight is 403 g/mol. The molecule has 0 aliphatic rings. The summed E-state index contributed by atoms with van der Waals surface area (Å²) in [6.07, 6.45) is 0.759. The largest absolute Gasteiger partial charge is 0.352 e. The van der Waals surface area contributed by atoms with Crippen molar-refractivity contribution >= 4 is 17.5 Å². The first-order chi connectivity index (χ1) is 14.6. The molecule has 3 aromatic carbocycles. The Balaban J connectivity index is 1.53. The molecule has 0 fully saturated rings. The van der Waals surface area contributed by atoms with Crippen molar-refractivity contribution in [1.82, 2.24) is 5.32 Å². The van der Waals surface area contributed by atoms with Gasteiger partial charge < -0.3 is 15.5 Å². The highest BCUT2D eigenvalue weighted by atomic mass is 16.2. The van der Waals surface area contributed by atoms with E-state index in [0.29, 0.717) is 24.3 Å². The number of likely N-dealkylation sites (N-methyl/N-ethyl adjacent to an activating group) is 1. The van der Waals surface area contributed by atoms with Gasteiger partial charge in [0, 0.05) is 12.1 Å². The van der Waals surface area contributed by atoms with Gasteiger partial charge in [0.25, 0.3) is 11.8 Å². The number of para-hydroxylation sites is 1. The summed E-state index contributed by atoms with van der Waals surface area (Å²) in [6.45, 7) is 1.61. The zero-order chi connectivity index (χ0) is 21.2. The standard InChI is InChI=1S/C25H27N3O2/c1-28(18-21-12-6-3-7-13-21)19-24(29)27-23-15-9-8-14-22(23)25(30)26-17-16-20-10-4-2-5-11-20/h2-15H,16-19H2,1H3,(H,26,30)(H,27,29)/p+1. The predicted molar refractivity (Wildman–Crippen MR) is 119 cm³/mol. The second kappa shape index (κ2) is 10.9. The van der Waals surface area contributed by atoms with E-state index in [4.69, 9.17) is 0 Å². The average Bonchev–Trinajstić information content (AvgIpc) is 2.75. The summed E-state index contributed by atoms with van der Waals surface area (Å²) >= 11 is 0. The van der Waals surface area contributed by atoms with Crippen molar-refractivity contribution in [3.05, 3.63) is 102 Å². The van der Waals surface area contributed by atoms with Gasteiger partial charge in [-0.3, -0.25) is 9.59 Å². The van der Waals surface area contributed by atoms with Gasteiger partial charge in [-0.05, 0) is 24.1 Å². The SMILES string of the molecule is C[NH+](CC(=O)Nc1ccccc1C(=O)NCCc1ccccc1)Cc1ccccc1. The Bertz CT molecular complexity index is 958. The van der Waals surface area contributed by atoms with Gasteiger partial charge in [0.2, 0.25) is 0 Å². The molecule has 3 rings (SSSR count). The number of hydrogen-bond donors (Lipinski definition) is 3. The fraction of sp³-hybridized carbons (Fsp3) is 0.200. The molecule has 0 aliphatic heterocycles. The second-order valence-corrected chi connectivity index (χ2v) is 7.38. The van der Waals surface area contributed by atoms with E-state index in [2.05, 4.69) is 22.8 Å². The molecule has 0 spiro atoms. The molecule has 0 heterocycles. The van der Waals surface area contributed by atoms with Crippen molar-refractivity contribution in [1.29, 1.82) is 0 Å². The van der Waals surface area contributed by atoms with Gasteiger partial charge in [-0.2, -0.15) is 0 Å². The smallest absolute Gasteiger partial charge is 0.279 e. The van der Waals surface area contributed by atoms with Gasteiger partial charge in [-0.15, -0.1) is 0 Å². The third-order valence-corrected chi connectivity index (χ3v) is 4.80. The van der Waals surface area contributed by atoms with Crippen LogP contribution in [0.3, 0.4) is 0 Å². The summed E-state index contributed by atoms with van der Waals surface area (Å²) < 4.78 is 0. The molecular weight excluding hydrogens is 374 g/mol. The second-order valence-electron chi connectivity index (χ2n) is 7.38. The molecule has 1 atom stereocenters. The third kappa shape index (κ3) is 6.57. The van der Waals surface area contributed by atoms with E-state index < -0.39 is 0 Å². The number of benzene rings is 3. The van der Waals surface area contributed by atoms with Crippen LogP contribution in [0, 0.1) is 0 Å². The van der Waals surface area contributed by atoms with Crippen LogP contribution in [0.15, 0.2) is 84.9 Å². The van der Waals surface area contributed by atoms with Crippen LogP contribution in [0.4, 0.5) is 5.69 Å². The van der Waals surface area contributed by atoms with Crippen molar-refractivity contribution in [2.75, 3.05) is 25.5 Å². The van der Waals surface area contributed by atoms with Crippen LogP contribution in [0.1, 0.15) is 21.5 Å². The monoisotopic (exact) mass is 402 g/mol. The Labute approximate surface area is 177 Å². The fourth-order valence-electron chi connectivity index (χ4n) is 3.33. The molecule has 3 aromatic rings. The van der Waals surface area contributed by atoms with E-state index in [0.717, 1.165) is 17.9 Å². The highest BCUT2D eigenvalue weighted by molar-refractivity contribution is 6.03. The number of nitrogens with one attached hydrogen (secondary N) is 3. The molecule has 0 bridgehead atoms. The summed E-state index contributed by atoms with van der Waals surface area (Å²) in [5, 5.41) is 5.83. The molecule has 1 unspecified atom stereocenters. The van der Waals surface area contributed by atoms with E-state index in [9.17, 15) is 9.59 Å². The first kappa shape index (κ1) is 21.3. The van der Waals surface area contributed by atoms with E-state index in [1.54, 1.807) is 18.2 Å². The van der Waals surface area contributed by atoms with Crippen molar-refractivity contribution in [2.24, 2.45) is 0 Å². The van der Waals surface area contributed by atoms with Crippen LogP contribution < -0.4 is 15.5 Å². The van der Waals surface area contributed by atoms with Crippen LogP contribution in [-0.2, 0) is 17.8 Å². The highest BCUT2D eigenvalue weighted by Gasteiger charge is 2.15. The fourth-order valence-corrected chi connectivity index (χ4v) is 3.33. The highest BCUT2D eigenvalue weighted by Crippen LogP contribution is 2.14. The number of carbonyl (C=O) groups excluding carboxylic acids is 2. The minimum Gasteiger partial charge on any atom is -0.352 e. The number of carbonyl (C=O) groups is 2. The lowest BCUT2D eigenvalue weighted by Gasteiger charge is -2.15. The number of rotatable bonds is 9. The van der Waals surface area contributed by atoms with Gasteiger partial charge in [-0.25, -0.2) is 0 Å². The van der Waals surface area contributed by atoms with Crippen LogP contribution >= 0.6 is 0 Å². The Kier molecular flexibility index (Phi) is 7.75. The van der Waals surface area contributed by atoms with Crippen molar-refractivity contribution in [2.45, 2.75) is 13.0 Å². The Morgan fingerprint density at radius 3 is 2.10 bits per heavy atom. The number of amides is 2. The third-order valence-electron chi connectivity index (χ3n) is 4.80. The Hall–Kier alpha value is -3.44. The predicted octanol–water partition coefficient (Wildman–Crippen LogP) is 2.31. The molecule has 30 heavy (non-hydrogen) atoms. The molecule has 0 saturated carbocycles. The molecule has 0 aliphatic carbocycles. The maximum absolute atomic E-state index is 12.6. The zero-order valence-corrected chi connectivity index (χ0v) is 17.2. The van der Waals surface area contributed by atoms with E-state index >= 15 is 0 Å². The van der Waals surface area contributed by atoms with Gasteiger partial charge in [0.1, 0.15) is 6.54 Å². The lowest BCUT2D eigenvalue weighted by atomic mass is 10.1. The lowest BCUT2D eigenvalue weighted by molar-refractivity contribution is -0.885. The minimum absolute atomic E-state index is 0.118. The summed E-state index contributed by atoms with van der Waals surface area (Å²) in [5.74, 6) is -0.306. The first-order valence-electron chi connectivity index (χ1n) is 10.2. The number of hydrogen-bond acceptors (Lipinski definition) is 2. The van der Waals surface area contributed by atoms with Crippen molar-refractivity contribution in [3.63, 3.8) is 0 Å². The molecule has 5 nitrogen and oxygen atoms in total. The van der Waals surface area contributed by atoms with Crippen LogP contribution in [0.25, 0.3) is 0 Å². The minimum atomic E-state index is -0.188. The topological polar surface area (TPSA) is 62.6 Å². The first-order valence-corrected chi connectivity index (χ1v) is 10.2. The molecule has 3 N–H and O–H groups in total. The van der Waals surface area contributed by atoms with Gasteiger partial charge in [-0.1, -0.05) is 72.8 Å². The summed E-state index contributed by atoms with van der Waals surface area (Å²) in [4.78, 5) is 26.2. The van der Waals surface area contributed by atoms with E-state index in [-0.39, 0.29) is 11.8 Å². The van der Waals surface area contributed by atoms with Crippen LogP contribution in [-0.4, -0.2) is 32.0 Å². The summed E-state index contributed by atoms with van der Waals surface area (Å²) in [5.41, 5.74) is 3.36. The van der Waals surface area contributed by atoms with Gasteiger partial charge >= 0.3 is 0 Å². The number of quaternary nitrogens is 1. The Morgan fingerprint density at radius 2 is 1.40 bits per heavy atom. The van der Waals surface area contributed by atoms with Gasteiger partial charge in [0.05, 0.1) is 18.3 Å². The normalized spacial score (nSPS) is 11.5. The molecule has 0 saturated heterocycles. The number of anilines is 1. The summed E-state index contributed by atoms with van der Waals surface area (Å²) in [7, 11) is 1.98. The molecule has 2 amide bonds. The maximum atomic E-state index is 12.6. The molecule has 0 radical (unpaired) electrons. The molecular formula is C25H28N3O2+. The maximum Gasteiger partial charge on any atom is 0.279 e.